The normalized spacial score (nSPS) is 12.0. The van der Waals surface area contributed by atoms with Gasteiger partial charge in [0.1, 0.15) is 11.6 Å². The number of hydrogen-bond acceptors (Lipinski definition) is 5. The van der Waals surface area contributed by atoms with Crippen LogP contribution in [0.1, 0.15) is 24.9 Å². The van der Waals surface area contributed by atoms with Gasteiger partial charge in [-0.05, 0) is 61.6 Å². The summed E-state index contributed by atoms with van der Waals surface area (Å²) in [5, 5.41) is 4.42. The van der Waals surface area contributed by atoms with E-state index >= 15 is 0 Å². The molecule has 4 aromatic rings. The Hall–Kier alpha value is -3.16. The number of rotatable bonds is 10. The van der Waals surface area contributed by atoms with E-state index in [1.807, 2.05) is 36.7 Å². The Bertz CT molecular complexity index is 1210. The standard InChI is InChI=1S/C27H29FN4OS/c1-19(20-8-5-4-6-9-20)30-24-18-22(14-15-29-24)26-25(21-10-12-23(28)13-11-21)31-27(34-3)32(26)16-7-17-33-2/h4-6,8-15,18-19H,7,16-17H2,1-3H3,(H,29,30). The van der Waals surface area contributed by atoms with Gasteiger partial charge in [-0.15, -0.1) is 0 Å². The number of nitrogens with one attached hydrogen (secondary N) is 1. The predicted molar refractivity (Wildman–Crippen MR) is 138 cm³/mol. The number of benzene rings is 2. The van der Waals surface area contributed by atoms with Gasteiger partial charge in [-0.3, -0.25) is 0 Å². The average Bonchev–Trinajstić information content (AvgIpc) is 3.24. The van der Waals surface area contributed by atoms with Crippen LogP contribution in [0.5, 0.6) is 0 Å². The van der Waals surface area contributed by atoms with E-state index in [9.17, 15) is 4.39 Å². The Balaban J connectivity index is 1.76. The molecular formula is C27H29FN4OS. The van der Waals surface area contributed by atoms with Crippen LogP contribution in [0, 0.1) is 5.82 Å². The highest BCUT2D eigenvalue weighted by Crippen LogP contribution is 2.36. The molecule has 0 aliphatic rings. The molecule has 0 radical (unpaired) electrons. The summed E-state index contributed by atoms with van der Waals surface area (Å²) < 4.78 is 21.2. The van der Waals surface area contributed by atoms with Crippen LogP contribution in [0.15, 0.2) is 78.1 Å². The molecule has 1 unspecified atom stereocenters. The summed E-state index contributed by atoms with van der Waals surface area (Å²) in [6.07, 6.45) is 4.70. The van der Waals surface area contributed by atoms with E-state index in [1.165, 1.54) is 17.7 Å². The molecule has 0 fully saturated rings. The minimum Gasteiger partial charge on any atom is -0.385 e. The molecule has 0 bridgehead atoms. The van der Waals surface area contributed by atoms with Crippen molar-refractivity contribution in [2.75, 3.05) is 25.3 Å². The highest BCUT2D eigenvalue weighted by atomic mass is 32.2. The maximum absolute atomic E-state index is 13.6. The molecule has 2 aromatic carbocycles. The van der Waals surface area contributed by atoms with Gasteiger partial charge in [0.15, 0.2) is 5.16 Å². The Morgan fingerprint density at radius 3 is 2.53 bits per heavy atom. The Morgan fingerprint density at radius 1 is 1.06 bits per heavy atom. The lowest BCUT2D eigenvalue weighted by Gasteiger charge is -2.17. The first-order chi connectivity index (χ1) is 16.6. The Kier molecular flexibility index (Phi) is 7.98. The summed E-state index contributed by atoms with van der Waals surface area (Å²) in [6.45, 7) is 3.54. The maximum Gasteiger partial charge on any atom is 0.168 e. The minimum atomic E-state index is -0.264. The second kappa shape index (κ2) is 11.3. The van der Waals surface area contributed by atoms with E-state index in [4.69, 9.17) is 9.72 Å². The van der Waals surface area contributed by atoms with Crippen LogP contribution in [0.4, 0.5) is 10.2 Å². The lowest BCUT2D eigenvalue weighted by atomic mass is 10.0. The van der Waals surface area contributed by atoms with Gasteiger partial charge in [0.05, 0.1) is 11.4 Å². The third-order valence-electron chi connectivity index (χ3n) is 5.66. The smallest absolute Gasteiger partial charge is 0.168 e. The molecule has 34 heavy (non-hydrogen) atoms. The summed E-state index contributed by atoms with van der Waals surface area (Å²) in [7, 11) is 1.71. The monoisotopic (exact) mass is 476 g/mol. The molecule has 176 valence electrons. The quantitative estimate of drug-likeness (QED) is 0.204. The Morgan fingerprint density at radius 2 is 1.82 bits per heavy atom. The number of aromatic nitrogens is 3. The van der Waals surface area contributed by atoms with Gasteiger partial charge < -0.3 is 14.6 Å². The van der Waals surface area contributed by atoms with Crippen molar-refractivity contribution in [2.24, 2.45) is 0 Å². The predicted octanol–water partition coefficient (Wildman–Crippen LogP) is 6.68. The lowest BCUT2D eigenvalue weighted by molar-refractivity contribution is 0.189. The maximum atomic E-state index is 13.6. The second-order valence-corrected chi connectivity index (χ2v) is 8.78. The van der Waals surface area contributed by atoms with Gasteiger partial charge in [-0.2, -0.15) is 0 Å². The van der Waals surface area contributed by atoms with Gasteiger partial charge in [0, 0.05) is 43.6 Å². The van der Waals surface area contributed by atoms with Crippen LogP contribution in [-0.2, 0) is 11.3 Å². The van der Waals surface area contributed by atoms with E-state index < -0.39 is 0 Å². The topological polar surface area (TPSA) is 52.0 Å². The van der Waals surface area contributed by atoms with Gasteiger partial charge >= 0.3 is 0 Å². The van der Waals surface area contributed by atoms with Gasteiger partial charge in [0.2, 0.25) is 0 Å². The van der Waals surface area contributed by atoms with Crippen LogP contribution >= 0.6 is 11.8 Å². The fourth-order valence-corrected chi connectivity index (χ4v) is 4.55. The summed E-state index contributed by atoms with van der Waals surface area (Å²) in [6, 6.07) is 21.0. The second-order valence-electron chi connectivity index (χ2n) is 8.01. The highest BCUT2D eigenvalue weighted by molar-refractivity contribution is 7.98. The van der Waals surface area contributed by atoms with Crippen LogP contribution < -0.4 is 5.32 Å². The minimum absolute atomic E-state index is 0.105. The van der Waals surface area contributed by atoms with Crippen molar-refractivity contribution < 1.29 is 9.13 Å². The largest absolute Gasteiger partial charge is 0.385 e. The SMILES string of the molecule is COCCCn1c(SC)nc(-c2ccc(F)cc2)c1-c1ccnc(NC(C)c2ccccc2)c1. The first-order valence-electron chi connectivity index (χ1n) is 11.3. The molecule has 0 spiro atoms. The molecule has 0 amide bonds. The molecule has 0 aliphatic carbocycles. The zero-order chi connectivity index (χ0) is 23.9. The number of nitrogens with zero attached hydrogens (tertiary/aromatic N) is 3. The fourth-order valence-electron chi connectivity index (χ4n) is 3.97. The molecule has 0 saturated heterocycles. The van der Waals surface area contributed by atoms with Gasteiger partial charge in [-0.1, -0.05) is 42.1 Å². The van der Waals surface area contributed by atoms with Crippen LogP contribution in [0.25, 0.3) is 22.5 Å². The number of methoxy groups -OCH3 is 1. The number of imidazole rings is 1. The van der Waals surface area contributed by atoms with Crippen molar-refractivity contribution in [1.29, 1.82) is 0 Å². The molecule has 0 saturated carbocycles. The lowest BCUT2D eigenvalue weighted by Crippen LogP contribution is -2.08. The zero-order valence-corrected chi connectivity index (χ0v) is 20.5. The van der Waals surface area contributed by atoms with E-state index in [2.05, 4.69) is 40.0 Å². The zero-order valence-electron chi connectivity index (χ0n) is 19.7. The van der Waals surface area contributed by atoms with E-state index in [1.54, 1.807) is 31.0 Å². The van der Waals surface area contributed by atoms with Crippen molar-refractivity contribution in [3.8, 4) is 22.5 Å². The molecule has 7 heteroatoms. The van der Waals surface area contributed by atoms with Gasteiger partial charge in [0.25, 0.3) is 0 Å². The summed E-state index contributed by atoms with van der Waals surface area (Å²) in [5.74, 6) is 0.523. The fraction of sp³-hybridized carbons (Fsp3) is 0.259. The molecule has 2 heterocycles. The molecule has 2 aromatic heterocycles. The third-order valence-corrected chi connectivity index (χ3v) is 6.34. The number of thioether (sulfide) groups is 1. The summed E-state index contributed by atoms with van der Waals surface area (Å²) in [5.41, 5.74) is 4.89. The molecular weight excluding hydrogens is 447 g/mol. The highest BCUT2D eigenvalue weighted by Gasteiger charge is 2.20. The Labute approximate surface area is 204 Å². The van der Waals surface area contributed by atoms with Crippen molar-refractivity contribution in [1.82, 2.24) is 14.5 Å². The number of anilines is 1. The van der Waals surface area contributed by atoms with Gasteiger partial charge in [-0.25, -0.2) is 14.4 Å². The molecule has 4 rings (SSSR count). The van der Waals surface area contributed by atoms with Crippen molar-refractivity contribution in [3.63, 3.8) is 0 Å². The van der Waals surface area contributed by atoms with E-state index in [0.717, 1.165) is 46.5 Å². The van der Waals surface area contributed by atoms with Crippen LogP contribution in [-0.4, -0.2) is 34.5 Å². The third kappa shape index (κ3) is 5.48. The van der Waals surface area contributed by atoms with E-state index in [0.29, 0.717) is 6.61 Å². The van der Waals surface area contributed by atoms with Crippen LogP contribution in [0.2, 0.25) is 0 Å². The average molecular weight is 477 g/mol. The molecule has 0 aliphatic heterocycles. The van der Waals surface area contributed by atoms with Crippen LogP contribution in [0.3, 0.4) is 0 Å². The first-order valence-corrected chi connectivity index (χ1v) is 12.5. The molecule has 5 nitrogen and oxygen atoms in total. The number of halogens is 1. The number of hydrogen-bond donors (Lipinski definition) is 1. The van der Waals surface area contributed by atoms with E-state index in [-0.39, 0.29) is 11.9 Å². The summed E-state index contributed by atoms with van der Waals surface area (Å²) >= 11 is 1.60. The van der Waals surface area contributed by atoms with Crippen molar-refractivity contribution in [3.05, 3.63) is 84.3 Å². The molecule has 1 N–H and O–H groups in total. The summed E-state index contributed by atoms with van der Waals surface area (Å²) in [4.78, 5) is 9.50. The molecule has 1 atom stereocenters. The number of pyridine rings is 1. The van der Waals surface area contributed by atoms with Crippen molar-refractivity contribution >= 4 is 17.6 Å². The first kappa shape index (κ1) is 24.0. The number of ether oxygens (including phenoxy) is 1. The van der Waals surface area contributed by atoms with Crippen molar-refractivity contribution in [2.45, 2.75) is 31.1 Å².